The highest BCUT2D eigenvalue weighted by atomic mass is 16.5. The molecule has 0 atom stereocenters. The molecular weight excluding hydrogens is 388 g/mol. The number of hydrogen-bond acceptors (Lipinski definition) is 7. The number of benzene rings is 3. The number of hydrazone groups is 1. The summed E-state index contributed by atoms with van der Waals surface area (Å²) in [6, 6.07) is 16.9. The van der Waals surface area contributed by atoms with Crippen molar-refractivity contribution in [2.45, 2.75) is 6.61 Å². The van der Waals surface area contributed by atoms with Gasteiger partial charge in [0.1, 0.15) is 6.61 Å². The maximum atomic E-state index is 12.1. The average molecular weight is 408 g/mol. The second-order valence-electron chi connectivity index (χ2n) is 6.25. The highest BCUT2D eigenvalue weighted by molar-refractivity contribution is 5.96. The molecule has 3 aromatic rings. The minimum absolute atomic E-state index is 0.0674. The molecule has 1 amide bonds. The predicted octanol–water partition coefficient (Wildman–Crippen LogP) is 3.15. The molecule has 0 aromatic heterocycles. The van der Waals surface area contributed by atoms with E-state index in [0.717, 1.165) is 17.7 Å². The number of hydrogen-bond donors (Lipinski definition) is 4. The Morgan fingerprint density at radius 3 is 2.37 bits per heavy atom. The minimum atomic E-state index is -0.697. The monoisotopic (exact) mass is 408 g/mol. The molecule has 8 heteroatoms. The molecule has 0 saturated heterocycles. The molecule has 0 heterocycles. The summed E-state index contributed by atoms with van der Waals surface area (Å²) in [6.45, 7) is 0.396. The van der Waals surface area contributed by atoms with Crippen molar-refractivity contribution in [3.8, 4) is 28.7 Å². The van der Waals surface area contributed by atoms with Crippen LogP contribution in [0.1, 0.15) is 21.5 Å². The van der Waals surface area contributed by atoms with Crippen LogP contribution >= 0.6 is 0 Å². The zero-order valence-corrected chi connectivity index (χ0v) is 16.1. The molecule has 0 aliphatic rings. The number of aromatic hydroxyl groups is 3. The first-order chi connectivity index (χ1) is 14.5. The number of ether oxygens (including phenoxy) is 2. The van der Waals surface area contributed by atoms with Crippen LogP contribution in [0, 0.1) is 0 Å². The zero-order chi connectivity index (χ0) is 21.5. The maximum absolute atomic E-state index is 12.1. The molecular formula is C22H20N2O6. The summed E-state index contributed by atoms with van der Waals surface area (Å²) in [5.41, 5.74) is 3.88. The van der Waals surface area contributed by atoms with E-state index in [1.54, 1.807) is 18.2 Å². The fraction of sp³-hybridized carbons (Fsp3) is 0.0909. The number of amides is 1. The largest absolute Gasteiger partial charge is 0.504 e. The summed E-state index contributed by atoms with van der Waals surface area (Å²) in [7, 11) is 1.52. The third-order valence-corrected chi connectivity index (χ3v) is 4.14. The van der Waals surface area contributed by atoms with Gasteiger partial charge < -0.3 is 24.8 Å². The van der Waals surface area contributed by atoms with Gasteiger partial charge in [-0.05, 0) is 41.5 Å². The molecule has 3 rings (SSSR count). The lowest BCUT2D eigenvalue weighted by Gasteiger charge is -2.11. The van der Waals surface area contributed by atoms with Crippen molar-refractivity contribution in [1.82, 2.24) is 5.43 Å². The molecule has 0 spiro atoms. The summed E-state index contributed by atoms with van der Waals surface area (Å²) < 4.78 is 11.2. The van der Waals surface area contributed by atoms with Gasteiger partial charge in [0, 0.05) is 5.56 Å². The van der Waals surface area contributed by atoms with Gasteiger partial charge >= 0.3 is 0 Å². The fourth-order valence-electron chi connectivity index (χ4n) is 2.58. The Balaban J connectivity index is 1.64. The molecule has 3 aromatic carbocycles. The summed E-state index contributed by atoms with van der Waals surface area (Å²) in [5.74, 6) is -1.52. The Labute approximate surface area is 172 Å². The van der Waals surface area contributed by atoms with Gasteiger partial charge in [0.25, 0.3) is 5.91 Å². The van der Waals surface area contributed by atoms with Crippen molar-refractivity contribution in [3.05, 3.63) is 77.4 Å². The van der Waals surface area contributed by atoms with E-state index in [1.165, 1.54) is 13.3 Å². The highest BCUT2D eigenvalue weighted by Crippen LogP contribution is 2.35. The van der Waals surface area contributed by atoms with Crippen LogP contribution in [0.25, 0.3) is 0 Å². The van der Waals surface area contributed by atoms with Crippen LogP contribution in [-0.4, -0.2) is 34.6 Å². The molecule has 8 nitrogen and oxygen atoms in total. The van der Waals surface area contributed by atoms with Crippen molar-refractivity contribution >= 4 is 12.1 Å². The van der Waals surface area contributed by atoms with Crippen molar-refractivity contribution in [1.29, 1.82) is 0 Å². The van der Waals surface area contributed by atoms with Crippen LogP contribution in [0.2, 0.25) is 0 Å². The van der Waals surface area contributed by atoms with E-state index >= 15 is 0 Å². The van der Waals surface area contributed by atoms with Crippen molar-refractivity contribution in [2.24, 2.45) is 5.10 Å². The number of phenolic OH excluding ortho intramolecular Hbond substituents is 3. The van der Waals surface area contributed by atoms with E-state index in [0.29, 0.717) is 23.7 Å². The number of methoxy groups -OCH3 is 1. The van der Waals surface area contributed by atoms with Gasteiger partial charge in [-0.15, -0.1) is 0 Å². The summed E-state index contributed by atoms with van der Waals surface area (Å²) in [5, 5.41) is 32.1. The Morgan fingerprint density at radius 2 is 1.70 bits per heavy atom. The second-order valence-corrected chi connectivity index (χ2v) is 6.25. The highest BCUT2D eigenvalue weighted by Gasteiger charge is 2.13. The van der Waals surface area contributed by atoms with Crippen LogP contribution in [0.3, 0.4) is 0 Å². The topological polar surface area (TPSA) is 121 Å². The summed E-state index contributed by atoms with van der Waals surface area (Å²) in [6.07, 6.45) is 1.40. The first-order valence-electron chi connectivity index (χ1n) is 8.91. The smallest absolute Gasteiger partial charge is 0.271 e. The molecule has 0 saturated carbocycles. The first-order valence-corrected chi connectivity index (χ1v) is 8.91. The van der Waals surface area contributed by atoms with Crippen LogP contribution in [0.15, 0.2) is 65.8 Å². The van der Waals surface area contributed by atoms with Gasteiger partial charge in [-0.25, -0.2) is 5.43 Å². The lowest BCUT2D eigenvalue weighted by atomic mass is 10.2. The average Bonchev–Trinajstić information content (AvgIpc) is 2.76. The third kappa shape index (κ3) is 4.99. The molecule has 0 radical (unpaired) electrons. The van der Waals surface area contributed by atoms with Crippen molar-refractivity contribution in [3.63, 3.8) is 0 Å². The number of nitrogens with zero attached hydrogens (tertiary/aromatic N) is 1. The zero-order valence-electron chi connectivity index (χ0n) is 16.1. The maximum Gasteiger partial charge on any atom is 0.271 e. The quantitative estimate of drug-likeness (QED) is 0.271. The molecule has 30 heavy (non-hydrogen) atoms. The Morgan fingerprint density at radius 1 is 1.00 bits per heavy atom. The van der Waals surface area contributed by atoms with E-state index in [-0.39, 0.29) is 5.56 Å². The normalized spacial score (nSPS) is 10.7. The lowest BCUT2D eigenvalue weighted by Crippen LogP contribution is -2.17. The van der Waals surface area contributed by atoms with Crippen LogP contribution < -0.4 is 14.9 Å². The number of nitrogens with one attached hydrogen (secondary N) is 1. The van der Waals surface area contributed by atoms with Gasteiger partial charge in [-0.2, -0.15) is 5.10 Å². The number of rotatable bonds is 7. The van der Waals surface area contributed by atoms with E-state index in [1.807, 2.05) is 30.3 Å². The predicted molar refractivity (Wildman–Crippen MR) is 110 cm³/mol. The minimum Gasteiger partial charge on any atom is -0.504 e. The summed E-state index contributed by atoms with van der Waals surface area (Å²) >= 11 is 0. The number of carbonyl (C=O) groups excluding carboxylic acids is 1. The molecule has 0 fully saturated rings. The third-order valence-electron chi connectivity index (χ3n) is 4.14. The van der Waals surface area contributed by atoms with Gasteiger partial charge in [-0.1, -0.05) is 30.3 Å². The van der Waals surface area contributed by atoms with E-state index in [2.05, 4.69) is 10.5 Å². The first kappa shape index (κ1) is 20.5. The summed E-state index contributed by atoms with van der Waals surface area (Å²) in [4.78, 5) is 12.1. The van der Waals surface area contributed by atoms with Crippen molar-refractivity contribution < 1.29 is 29.6 Å². The Kier molecular flexibility index (Phi) is 6.39. The lowest BCUT2D eigenvalue weighted by molar-refractivity contribution is 0.0954. The molecule has 0 aliphatic heterocycles. The molecule has 0 bridgehead atoms. The van der Waals surface area contributed by atoms with Gasteiger partial charge in [0.2, 0.25) is 0 Å². The standard InChI is InChI=1S/C22H20N2O6/c1-29-20-9-15(7-8-19(20)30-13-14-5-3-2-4-6-14)12-23-24-22(28)16-10-17(25)21(27)18(26)11-16/h2-12,25-27H,13H2,1H3,(H,24,28)/b23-12+. The van der Waals surface area contributed by atoms with Crippen LogP contribution in [-0.2, 0) is 6.61 Å². The van der Waals surface area contributed by atoms with Crippen LogP contribution in [0.4, 0.5) is 0 Å². The van der Waals surface area contributed by atoms with Crippen LogP contribution in [0.5, 0.6) is 28.7 Å². The fourth-order valence-corrected chi connectivity index (χ4v) is 2.58. The van der Waals surface area contributed by atoms with Gasteiger partial charge in [0.15, 0.2) is 28.7 Å². The Hall–Kier alpha value is -4.20. The second kappa shape index (κ2) is 9.33. The van der Waals surface area contributed by atoms with E-state index in [4.69, 9.17) is 9.47 Å². The van der Waals surface area contributed by atoms with E-state index < -0.39 is 23.2 Å². The number of carbonyl (C=O) groups is 1. The molecule has 154 valence electrons. The Bertz CT molecular complexity index is 1040. The molecule has 4 N–H and O–H groups in total. The molecule has 0 aliphatic carbocycles. The van der Waals surface area contributed by atoms with Crippen molar-refractivity contribution in [2.75, 3.05) is 7.11 Å². The van der Waals surface area contributed by atoms with Gasteiger partial charge in [-0.3, -0.25) is 4.79 Å². The SMILES string of the molecule is COc1cc(/C=N/NC(=O)c2cc(O)c(O)c(O)c2)ccc1OCc1ccccc1. The number of phenols is 3. The van der Waals surface area contributed by atoms with Gasteiger partial charge in [0.05, 0.1) is 13.3 Å². The molecule has 0 unspecified atom stereocenters. The van der Waals surface area contributed by atoms with E-state index in [9.17, 15) is 20.1 Å².